The Morgan fingerprint density at radius 1 is 1.00 bits per heavy atom. The summed E-state index contributed by atoms with van der Waals surface area (Å²) >= 11 is 0. The molecule has 2 aliphatic rings. The average Bonchev–Trinajstić information content (AvgIpc) is 2.84. The topological polar surface area (TPSA) is 79.2 Å². The smallest absolute Gasteiger partial charge is 0.272 e. The first-order chi connectivity index (χ1) is 16.4. The molecule has 4 rings (SSSR count). The van der Waals surface area contributed by atoms with Gasteiger partial charge in [0.15, 0.2) is 0 Å². The monoisotopic (exact) mass is 466 g/mol. The molecule has 1 amide bonds. The summed E-state index contributed by atoms with van der Waals surface area (Å²) in [4.78, 5) is 30.1. The van der Waals surface area contributed by atoms with Gasteiger partial charge in [0.25, 0.3) is 5.69 Å². The van der Waals surface area contributed by atoms with Crippen LogP contribution in [0.1, 0.15) is 30.4 Å². The van der Waals surface area contributed by atoms with Crippen LogP contribution in [-0.2, 0) is 4.79 Å². The molecule has 182 valence electrons. The van der Waals surface area contributed by atoms with Crippen LogP contribution in [0.2, 0.25) is 0 Å². The van der Waals surface area contributed by atoms with Gasteiger partial charge in [-0.3, -0.25) is 19.8 Å². The Morgan fingerprint density at radius 3 is 2.29 bits per heavy atom. The van der Waals surface area contributed by atoms with Gasteiger partial charge in [0.2, 0.25) is 5.91 Å². The fraction of sp³-hybridized carbons (Fsp3) is 0.500. The van der Waals surface area contributed by atoms with E-state index in [-0.39, 0.29) is 22.6 Å². The van der Waals surface area contributed by atoms with Gasteiger partial charge in [-0.25, -0.2) is 0 Å². The maximum absolute atomic E-state index is 12.8. The number of anilines is 1. The number of nitro benzene ring substituents is 1. The Balaban J connectivity index is 1.16. The highest BCUT2D eigenvalue weighted by Gasteiger charge is 2.25. The lowest BCUT2D eigenvalue weighted by molar-refractivity contribution is -0.385. The van der Waals surface area contributed by atoms with Crippen LogP contribution < -0.4 is 9.64 Å². The number of nitro groups is 1. The van der Waals surface area contributed by atoms with Crippen molar-refractivity contribution < 1.29 is 14.5 Å². The zero-order chi connectivity index (χ0) is 24.1. The van der Waals surface area contributed by atoms with Crippen molar-refractivity contribution in [3.05, 3.63) is 63.7 Å². The van der Waals surface area contributed by atoms with Gasteiger partial charge in [0.1, 0.15) is 11.9 Å². The van der Waals surface area contributed by atoms with Gasteiger partial charge in [-0.15, -0.1) is 0 Å². The Labute approximate surface area is 201 Å². The molecule has 0 aliphatic carbocycles. The van der Waals surface area contributed by atoms with Crippen molar-refractivity contribution in [2.45, 2.75) is 39.2 Å². The van der Waals surface area contributed by atoms with Crippen LogP contribution in [0.25, 0.3) is 0 Å². The van der Waals surface area contributed by atoms with E-state index in [9.17, 15) is 14.9 Å². The predicted octanol–water partition coefficient (Wildman–Crippen LogP) is 3.79. The number of benzene rings is 2. The number of piperidine rings is 1. The number of likely N-dealkylation sites (tertiary alicyclic amines) is 1. The Bertz CT molecular complexity index is 994. The van der Waals surface area contributed by atoms with Gasteiger partial charge in [-0.05, 0) is 38.1 Å². The number of hydrogen-bond donors (Lipinski definition) is 0. The predicted molar refractivity (Wildman–Crippen MR) is 133 cm³/mol. The van der Waals surface area contributed by atoms with E-state index < -0.39 is 0 Å². The van der Waals surface area contributed by atoms with Crippen molar-refractivity contribution in [1.29, 1.82) is 0 Å². The molecule has 0 saturated carbocycles. The molecule has 2 aliphatic heterocycles. The summed E-state index contributed by atoms with van der Waals surface area (Å²) < 4.78 is 6.03. The summed E-state index contributed by atoms with van der Waals surface area (Å²) in [5.74, 6) is 0.864. The molecule has 2 aromatic carbocycles. The molecular formula is C26H34N4O4. The van der Waals surface area contributed by atoms with Gasteiger partial charge in [-0.2, -0.15) is 0 Å². The molecule has 2 aromatic rings. The summed E-state index contributed by atoms with van der Waals surface area (Å²) in [6.45, 7) is 9.94. The lowest BCUT2D eigenvalue weighted by Gasteiger charge is -2.37. The minimum atomic E-state index is -0.382. The maximum atomic E-state index is 12.8. The number of nitrogens with zero attached hydrogens (tertiary/aromatic N) is 4. The number of piperazine rings is 1. The van der Waals surface area contributed by atoms with Crippen LogP contribution in [0.5, 0.6) is 5.75 Å². The summed E-state index contributed by atoms with van der Waals surface area (Å²) in [5, 5.41) is 11.0. The standard InChI is InChI=1S/C26H34N4O4/c1-20-3-5-22(6-4-20)28-17-15-27(16-18-28)12-11-26(31)29-13-9-23(10-14-29)34-24-7-8-25(30(32)33)21(2)19-24/h3-8,19,23H,9-18H2,1-2H3. The van der Waals surface area contributed by atoms with Crippen molar-refractivity contribution in [1.82, 2.24) is 9.80 Å². The zero-order valence-corrected chi connectivity index (χ0v) is 20.1. The van der Waals surface area contributed by atoms with Crippen LogP contribution in [0.15, 0.2) is 42.5 Å². The van der Waals surface area contributed by atoms with E-state index in [0.29, 0.717) is 30.8 Å². The molecule has 0 radical (unpaired) electrons. The average molecular weight is 467 g/mol. The number of aryl methyl sites for hydroxylation is 2. The van der Waals surface area contributed by atoms with Crippen LogP contribution in [-0.4, -0.2) is 72.5 Å². The van der Waals surface area contributed by atoms with E-state index in [2.05, 4.69) is 41.0 Å². The third-order valence-corrected chi connectivity index (χ3v) is 6.88. The molecule has 0 bridgehead atoms. The molecule has 0 aromatic heterocycles. The van der Waals surface area contributed by atoms with Crippen molar-refractivity contribution in [2.75, 3.05) is 50.7 Å². The second-order valence-electron chi connectivity index (χ2n) is 9.32. The summed E-state index contributed by atoms with van der Waals surface area (Å²) in [6.07, 6.45) is 2.13. The first-order valence-electron chi connectivity index (χ1n) is 12.1. The van der Waals surface area contributed by atoms with Crippen molar-refractivity contribution in [3.63, 3.8) is 0 Å². The molecule has 2 saturated heterocycles. The van der Waals surface area contributed by atoms with E-state index >= 15 is 0 Å². The molecule has 0 spiro atoms. The fourth-order valence-corrected chi connectivity index (χ4v) is 4.72. The number of carbonyl (C=O) groups is 1. The highest BCUT2D eigenvalue weighted by Crippen LogP contribution is 2.26. The first-order valence-corrected chi connectivity index (χ1v) is 12.1. The maximum Gasteiger partial charge on any atom is 0.272 e. The normalized spacial score (nSPS) is 17.6. The molecule has 8 nitrogen and oxygen atoms in total. The van der Waals surface area contributed by atoms with Crippen LogP contribution in [0.4, 0.5) is 11.4 Å². The van der Waals surface area contributed by atoms with Crippen molar-refractivity contribution >= 4 is 17.3 Å². The molecule has 0 N–H and O–H groups in total. The highest BCUT2D eigenvalue weighted by molar-refractivity contribution is 5.76. The van der Waals surface area contributed by atoms with Gasteiger partial charge in [-0.1, -0.05) is 17.7 Å². The largest absolute Gasteiger partial charge is 0.490 e. The SMILES string of the molecule is Cc1ccc(N2CCN(CCC(=O)N3CCC(Oc4ccc([N+](=O)[O-])c(C)c4)CC3)CC2)cc1. The van der Waals surface area contributed by atoms with E-state index in [1.165, 1.54) is 17.3 Å². The number of amides is 1. The first kappa shape index (κ1) is 24.0. The highest BCUT2D eigenvalue weighted by atomic mass is 16.6. The third-order valence-electron chi connectivity index (χ3n) is 6.88. The molecule has 2 fully saturated rings. The minimum Gasteiger partial charge on any atom is -0.490 e. The number of hydrogen-bond acceptors (Lipinski definition) is 6. The molecule has 0 atom stereocenters. The Hall–Kier alpha value is -3.13. The number of carbonyl (C=O) groups excluding carboxylic acids is 1. The summed E-state index contributed by atoms with van der Waals surface area (Å²) in [5.41, 5.74) is 3.24. The number of ether oxygens (including phenoxy) is 1. The molecule has 2 heterocycles. The summed E-state index contributed by atoms with van der Waals surface area (Å²) in [7, 11) is 0. The zero-order valence-electron chi connectivity index (χ0n) is 20.1. The molecule has 8 heteroatoms. The second-order valence-corrected chi connectivity index (χ2v) is 9.32. The summed E-state index contributed by atoms with van der Waals surface area (Å²) in [6, 6.07) is 13.5. The number of rotatable bonds is 7. The third kappa shape index (κ3) is 6.05. The van der Waals surface area contributed by atoms with E-state index in [4.69, 9.17) is 4.74 Å². The quantitative estimate of drug-likeness (QED) is 0.456. The van der Waals surface area contributed by atoms with Gasteiger partial charge in [0, 0.05) is 82.4 Å². The van der Waals surface area contributed by atoms with E-state index in [1.54, 1.807) is 19.1 Å². The van der Waals surface area contributed by atoms with Crippen LogP contribution in [0.3, 0.4) is 0 Å². The van der Waals surface area contributed by atoms with Crippen LogP contribution >= 0.6 is 0 Å². The van der Waals surface area contributed by atoms with Gasteiger partial charge < -0.3 is 14.5 Å². The lowest BCUT2D eigenvalue weighted by atomic mass is 10.1. The van der Waals surface area contributed by atoms with Crippen molar-refractivity contribution in [2.24, 2.45) is 0 Å². The Kier molecular flexibility index (Phi) is 7.67. The van der Waals surface area contributed by atoms with E-state index in [1.807, 2.05) is 4.90 Å². The lowest BCUT2D eigenvalue weighted by Crippen LogP contribution is -2.48. The van der Waals surface area contributed by atoms with Crippen molar-refractivity contribution in [3.8, 4) is 5.75 Å². The minimum absolute atomic E-state index is 0.0276. The van der Waals surface area contributed by atoms with Crippen LogP contribution in [0, 0.1) is 24.0 Å². The molecule has 34 heavy (non-hydrogen) atoms. The van der Waals surface area contributed by atoms with Gasteiger partial charge in [0.05, 0.1) is 4.92 Å². The van der Waals surface area contributed by atoms with Gasteiger partial charge >= 0.3 is 0 Å². The van der Waals surface area contributed by atoms with E-state index in [0.717, 1.165) is 45.6 Å². The fourth-order valence-electron chi connectivity index (χ4n) is 4.72. The molecule has 0 unspecified atom stereocenters. The molecular weight excluding hydrogens is 432 g/mol. The second kappa shape index (κ2) is 10.9. The Morgan fingerprint density at radius 2 is 1.68 bits per heavy atom.